The van der Waals surface area contributed by atoms with Crippen molar-refractivity contribution in [2.24, 2.45) is 0 Å². The highest BCUT2D eigenvalue weighted by atomic mass is 19.4. The Kier molecular flexibility index (Phi) is 14.3. The average molecular weight is 784 g/mol. The van der Waals surface area contributed by atoms with E-state index in [2.05, 4.69) is 5.32 Å². The lowest BCUT2D eigenvalue weighted by Crippen LogP contribution is -2.43. The molecule has 0 fully saturated rings. The van der Waals surface area contributed by atoms with Gasteiger partial charge in [0.2, 0.25) is 0 Å². The smallest absolute Gasteiger partial charge is 0.416 e. The fourth-order valence-electron chi connectivity index (χ4n) is 6.26. The maximum atomic E-state index is 15.2. The van der Waals surface area contributed by atoms with E-state index in [9.17, 15) is 32.3 Å². The third kappa shape index (κ3) is 11.1. The zero-order valence-corrected chi connectivity index (χ0v) is 32.7. The Morgan fingerprint density at radius 3 is 2.29 bits per heavy atom. The molecule has 0 spiro atoms. The van der Waals surface area contributed by atoms with Gasteiger partial charge in [-0.25, -0.2) is 14.0 Å². The van der Waals surface area contributed by atoms with Crippen molar-refractivity contribution in [1.29, 1.82) is 0 Å². The van der Waals surface area contributed by atoms with Crippen LogP contribution in [0.15, 0.2) is 76.3 Å². The van der Waals surface area contributed by atoms with Crippen molar-refractivity contribution in [3.8, 4) is 16.9 Å². The summed E-state index contributed by atoms with van der Waals surface area (Å²) in [5, 5.41) is 2.81. The number of alkyl carbamates (subject to hydrolysis) is 1. The summed E-state index contributed by atoms with van der Waals surface area (Å²) in [6, 6.07) is 15.5. The second kappa shape index (κ2) is 18.5. The van der Waals surface area contributed by atoms with Crippen LogP contribution >= 0.6 is 0 Å². The first-order valence-corrected chi connectivity index (χ1v) is 18.5. The van der Waals surface area contributed by atoms with Crippen LogP contribution < -0.4 is 21.3 Å². The number of alkyl halides is 3. The van der Waals surface area contributed by atoms with Gasteiger partial charge in [-0.05, 0) is 82.7 Å². The zero-order valence-electron chi connectivity index (χ0n) is 32.7. The van der Waals surface area contributed by atoms with Gasteiger partial charge in [0, 0.05) is 29.8 Å². The van der Waals surface area contributed by atoms with Crippen LogP contribution in [0.5, 0.6) is 5.75 Å². The van der Waals surface area contributed by atoms with Gasteiger partial charge in [0.15, 0.2) is 0 Å². The van der Waals surface area contributed by atoms with Crippen molar-refractivity contribution in [2.45, 2.75) is 105 Å². The van der Waals surface area contributed by atoms with Crippen LogP contribution in [-0.4, -0.2) is 40.0 Å². The maximum Gasteiger partial charge on any atom is 0.416 e. The summed E-state index contributed by atoms with van der Waals surface area (Å²) in [6.07, 6.45) is -5.34. The molecular formula is C42H49F4N3O7. The molecule has 1 atom stereocenters. The van der Waals surface area contributed by atoms with E-state index in [4.69, 9.17) is 14.2 Å². The number of carbonyl (C=O) groups excluding carboxylic acids is 2. The van der Waals surface area contributed by atoms with Crippen LogP contribution in [0.25, 0.3) is 11.1 Å². The number of hydrogen-bond acceptors (Lipinski definition) is 7. The molecule has 1 amide bonds. The molecule has 0 unspecified atom stereocenters. The third-order valence-electron chi connectivity index (χ3n) is 8.98. The highest BCUT2D eigenvalue weighted by Crippen LogP contribution is 2.34. The SMILES string of the molecule is CCOC(=O)CCCOc1ccccc1[C@H](CCn1c(=O)c(-c2cccc(C(C)C)c2)c(C)n(Cc2c(F)cccc2C(F)(F)F)c1=O)NC(=O)OC(C)(C)C. The number of carbonyl (C=O) groups is 2. The minimum atomic E-state index is -4.92. The number of rotatable bonds is 15. The Balaban J connectivity index is 1.84. The molecule has 0 aliphatic carbocycles. The van der Waals surface area contributed by atoms with E-state index in [1.807, 2.05) is 19.9 Å². The third-order valence-corrected chi connectivity index (χ3v) is 8.98. The summed E-state index contributed by atoms with van der Waals surface area (Å²) in [5.74, 6) is -1.12. The van der Waals surface area contributed by atoms with Gasteiger partial charge in [-0.1, -0.05) is 62.4 Å². The van der Waals surface area contributed by atoms with Crippen LogP contribution in [0.2, 0.25) is 0 Å². The lowest BCUT2D eigenvalue weighted by atomic mass is 9.97. The quantitative estimate of drug-likeness (QED) is 0.0729. The number of para-hydroxylation sites is 1. The van der Waals surface area contributed by atoms with Crippen molar-refractivity contribution in [3.05, 3.63) is 121 Å². The number of amides is 1. The molecule has 0 aliphatic rings. The Hall–Kier alpha value is -5.40. The lowest BCUT2D eigenvalue weighted by Gasteiger charge is -2.26. The Morgan fingerprint density at radius 2 is 1.62 bits per heavy atom. The van der Waals surface area contributed by atoms with Crippen molar-refractivity contribution in [2.75, 3.05) is 13.2 Å². The van der Waals surface area contributed by atoms with E-state index >= 15 is 4.39 Å². The van der Waals surface area contributed by atoms with Crippen LogP contribution in [0.4, 0.5) is 22.4 Å². The molecule has 302 valence electrons. The number of hydrogen-bond donors (Lipinski definition) is 1. The van der Waals surface area contributed by atoms with Gasteiger partial charge in [-0.2, -0.15) is 13.2 Å². The number of halogens is 4. The molecule has 0 bridgehead atoms. The number of benzene rings is 3. The zero-order chi connectivity index (χ0) is 41.4. The molecule has 0 aliphatic heterocycles. The van der Waals surface area contributed by atoms with E-state index in [0.29, 0.717) is 23.3 Å². The summed E-state index contributed by atoms with van der Waals surface area (Å²) in [6.45, 7) is 11.4. The highest BCUT2D eigenvalue weighted by molar-refractivity contribution is 5.69. The average Bonchev–Trinajstić information content (AvgIpc) is 3.11. The van der Waals surface area contributed by atoms with Crippen LogP contribution in [0, 0.1) is 12.7 Å². The topological polar surface area (TPSA) is 118 Å². The molecule has 0 saturated carbocycles. The van der Waals surface area contributed by atoms with Crippen LogP contribution in [0.1, 0.15) is 101 Å². The molecule has 4 rings (SSSR count). The second-order valence-electron chi connectivity index (χ2n) is 14.6. The van der Waals surface area contributed by atoms with Crippen molar-refractivity contribution in [1.82, 2.24) is 14.5 Å². The standard InChI is InChI=1S/C42H49F4N3O7/c1-8-54-36(50)20-13-23-55-35-19-10-9-16-30(35)34(47-39(52)56-41(5,6)7)21-22-48-38(51)37(29-15-11-14-28(24-29)26(2)3)27(4)49(40(48)53)25-31-32(42(44,45)46)17-12-18-33(31)43/h9-12,14-19,24,26,34H,8,13,20-23,25H2,1-7H3,(H,47,52)/t34-/m0/s1. The minimum absolute atomic E-state index is 0.0542. The van der Waals surface area contributed by atoms with Gasteiger partial charge in [-0.3, -0.25) is 18.7 Å². The van der Waals surface area contributed by atoms with Gasteiger partial charge < -0.3 is 19.5 Å². The predicted molar refractivity (Wildman–Crippen MR) is 204 cm³/mol. The first-order chi connectivity index (χ1) is 26.3. The first kappa shape index (κ1) is 43.3. The monoisotopic (exact) mass is 783 g/mol. The van der Waals surface area contributed by atoms with E-state index in [0.717, 1.165) is 32.9 Å². The first-order valence-electron chi connectivity index (χ1n) is 18.5. The fourth-order valence-corrected chi connectivity index (χ4v) is 6.26. The molecule has 10 nitrogen and oxygen atoms in total. The predicted octanol–water partition coefficient (Wildman–Crippen LogP) is 8.69. The minimum Gasteiger partial charge on any atom is -0.493 e. The molecule has 4 aromatic rings. The van der Waals surface area contributed by atoms with E-state index in [1.165, 1.54) is 6.92 Å². The Bertz CT molecular complexity index is 2130. The summed E-state index contributed by atoms with van der Waals surface area (Å²) in [7, 11) is 0. The maximum absolute atomic E-state index is 15.2. The Morgan fingerprint density at radius 1 is 0.929 bits per heavy atom. The molecule has 14 heteroatoms. The largest absolute Gasteiger partial charge is 0.493 e. The molecule has 0 radical (unpaired) electrons. The van der Waals surface area contributed by atoms with Gasteiger partial charge in [0.25, 0.3) is 5.56 Å². The van der Waals surface area contributed by atoms with Crippen molar-refractivity contribution < 1.29 is 41.4 Å². The van der Waals surface area contributed by atoms with Crippen LogP contribution in [0.3, 0.4) is 0 Å². The number of esters is 1. The summed E-state index contributed by atoms with van der Waals surface area (Å²) in [5.41, 5.74) is -2.67. The van der Waals surface area contributed by atoms with E-state index in [1.54, 1.807) is 70.2 Å². The van der Waals surface area contributed by atoms with Gasteiger partial charge >= 0.3 is 23.9 Å². The molecule has 3 aromatic carbocycles. The molecule has 1 aromatic heterocycles. The van der Waals surface area contributed by atoms with E-state index in [-0.39, 0.29) is 55.7 Å². The number of nitrogens with one attached hydrogen (secondary N) is 1. The normalized spacial score (nSPS) is 12.4. The molecule has 56 heavy (non-hydrogen) atoms. The van der Waals surface area contributed by atoms with Gasteiger partial charge in [-0.15, -0.1) is 0 Å². The molecule has 1 heterocycles. The number of aromatic nitrogens is 2. The second-order valence-corrected chi connectivity index (χ2v) is 14.6. The Labute approximate surface area is 323 Å². The highest BCUT2D eigenvalue weighted by Gasteiger charge is 2.35. The van der Waals surface area contributed by atoms with Crippen molar-refractivity contribution >= 4 is 12.1 Å². The molecule has 1 N–H and O–H groups in total. The van der Waals surface area contributed by atoms with Crippen LogP contribution in [-0.2, 0) is 33.5 Å². The summed E-state index contributed by atoms with van der Waals surface area (Å²) < 4.78 is 76.0. The molecule has 0 saturated heterocycles. The summed E-state index contributed by atoms with van der Waals surface area (Å²) in [4.78, 5) is 53.8. The number of nitrogens with zero attached hydrogens (tertiary/aromatic N) is 2. The van der Waals surface area contributed by atoms with Crippen molar-refractivity contribution in [3.63, 3.8) is 0 Å². The van der Waals surface area contributed by atoms with E-state index < -0.39 is 58.7 Å². The lowest BCUT2D eigenvalue weighted by molar-refractivity contribution is -0.143. The molecular weight excluding hydrogens is 734 g/mol. The fraction of sp³-hybridized carbons (Fsp3) is 0.429. The summed E-state index contributed by atoms with van der Waals surface area (Å²) >= 11 is 0. The van der Waals surface area contributed by atoms with Gasteiger partial charge in [0.05, 0.1) is 36.9 Å². The van der Waals surface area contributed by atoms with Gasteiger partial charge in [0.1, 0.15) is 17.2 Å². The number of ether oxygens (including phenoxy) is 3.